The Kier molecular flexibility index (Phi) is 5.58. The molecule has 0 radical (unpaired) electrons. The standard InChI is InChI=1S/C13H18FNO3/c1-9(2)12(16)7-15-13(17)8-18-11-5-3-10(14)4-6-11/h3-6,9,12,16H,7-8H2,1-2H3,(H,15,17). The first kappa shape index (κ1) is 14.4. The van der Waals surface area contributed by atoms with Crippen LogP contribution in [0, 0.1) is 11.7 Å². The predicted octanol–water partition coefficient (Wildman–Crippen LogP) is 1.34. The number of amides is 1. The second kappa shape index (κ2) is 6.96. The van der Waals surface area contributed by atoms with Crippen LogP contribution in [0.2, 0.25) is 0 Å². The van der Waals surface area contributed by atoms with Crippen LogP contribution < -0.4 is 10.1 Å². The summed E-state index contributed by atoms with van der Waals surface area (Å²) >= 11 is 0. The third-order valence-electron chi connectivity index (χ3n) is 2.46. The quantitative estimate of drug-likeness (QED) is 0.806. The van der Waals surface area contributed by atoms with Crippen LogP contribution in [0.25, 0.3) is 0 Å². The molecule has 0 heterocycles. The number of benzene rings is 1. The van der Waals surface area contributed by atoms with Crippen molar-refractivity contribution in [1.82, 2.24) is 5.32 Å². The molecule has 0 saturated carbocycles. The Hall–Kier alpha value is -1.62. The van der Waals surface area contributed by atoms with Gasteiger partial charge in [0.2, 0.25) is 0 Å². The van der Waals surface area contributed by atoms with E-state index in [0.717, 1.165) is 0 Å². The number of carbonyl (C=O) groups excluding carboxylic acids is 1. The highest BCUT2D eigenvalue weighted by Gasteiger charge is 2.10. The van der Waals surface area contributed by atoms with Gasteiger partial charge in [0.1, 0.15) is 11.6 Å². The van der Waals surface area contributed by atoms with E-state index in [4.69, 9.17) is 4.74 Å². The maximum Gasteiger partial charge on any atom is 0.258 e. The van der Waals surface area contributed by atoms with Crippen molar-refractivity contribution < 1.29 is 19.0 Å². The molecule has 5 heteroatoms. The minimum Gasteiger partial charge on any atom is -0.484 e. The summed E-state index contributed by atoms with van der Waals surface area (Å²) in [5.41, 5.74) is 0. The van der Waals surface area contributed by atoms with E-state index < -0.39 is 6.10 Å². The van der Waals surface area contributed by atoms with Gasteiger partial charge in [0.25, 0.3) is 5.91 Å². The average Bonchev–Trinajstić information content (AvgIpc) is 2.35. The van der Waals surface area contributed by atoms with Crippen molar-refractivity contribution in [3.05, 3.63) is 30.1 Å². The van der Waals surface area contributed by atoms with E-state index >= 15 is 0 Å². The van der Waals surface area contributed by atoms with Crippen LogP contribution in [0.3, 0.4) is 0 Å². The van der Waals surface area contributed by atoms with Gasteiger partial charge >= 0.3 is 0 Å². The van der Waals surface area contributed by atoms with Crippen molar-refractivity contribution in [2.45, 2.75) is 20.0 Å². The van der Waals surface area contributed by atoms with Crippen molar-refractivity contribution >= 4 is 5.91 Å². The first-order valence-electron chi connectivity index (χ1n) is 5.82. The highest BCUT2D eigenvalue weighted by Crippen LogP contribution is 2.10. The van der Waals surface area contributed by atoms with Gasteiger partial charge in [-0.25, -0.2) is 4.39 Å². The number of hydrogen-bond donors (Lipinski definition) is 2. The lowest BCUT2D eigenvalue weighted by atomic mass is 10.1. The van der Waals surface area contributed by atoms with E-state index in [-0.39, 0.29) is 30.8 Å². The molecular formula is C13H18FNO3. The van der Waals surface area contributed by atoms with Crippen LogP contribution >= 0.6 is 0 Å². The summed E-state index contributed by atoms with van der Waals surface area (Å²) in [5.74, 6) is -0.162. The molecule has 0 saturated heterocycles. The van der Waals surface area contributed by atoms with Crippen molar-refractivity contribution in [2.24, 2.45) is 5.92 Å². The Balaban J connectivity index is 2.27. The number of carbonyl (C=O) groups is 1. The number of halogens is 1. The van der Waals surface area contributed by atoms with E-state index in [1.165, 1.54) is 24.3 Å². The van der Waals surface area contributed by atoms with Crippen LogP contribution in [-0.2, 0) is 4.79 Å². The van der Waals surface area contributed by atoms with Gasteiger partial charge in [-0.1, -0.05) is 13.8 Å². The molecule has 0 aromatic heterocycles. The molecule has 1 amide bonds. The van der Waals surface area contributed by atoms with Crippen molar-refractivity contribution in [1.29, 1.82) is 0 Å². The van der Waals surface area contributed by atoms with E-state index in [2.05, 4.69) is 5.32 Å². The minimum atomic E-state index is -0.570. The van der Waals surface area contributed by atoms with Crippen LogP contribution in [0.4, 0.5) is 4.39 Å². The first-order valence-corrected chi connectivity index (χ1v) is 5.82. The zero-order chi connectivity index (χ0) is 13.5. The van der Waals surface area contributed by atoms with Gasteiger partial charge in [-0.2, -0.15) is 0 Å². The fourth-order valence-corrected chi connectivity index (χ4v) is 1.18. The minimum absolute atomic E-state index is 0.0864. The van der Waals surface area contributed by atoms with Crippen molar-refractivity contribution in [2.75, 3.05) is 13.2 Å². The van der Waals surface area contributed by atoms with Gasteiger partial charge in [-0.15, -0.1) is 0 Å². The fourth-order valence-electron chi connectivity index (χ4n) is 1.18. The normalized spacial score (nSPS) is 12.3. The summed E-state index contributed by atoms with van der Waals surface area (Å²) in [6, 6.07) is 5.42. The SMILES string of the molecule is CC(C)C(O)CNC(=O)COc1ccc(F)cc1. The largest absolute Gasteiger partial charge is 0.484 e. The second-order valence-corrected chi connectivity index (χ2v) is 4.36. The first-order chi connectivity index (χ1) is 8.49. The van der Waals surface area contributed by atoms with Crippen LogP contribution in [0.1, 0.15) is 13.8 Å². The molecule has 18 heavy (non-hydrogen) atoms. The third-order valence-corrected chi connectivity index (χ3v) is 2.46. The molecule has 1 aromatic rings. The summed E-state index contributed by atoms with van der Waals surface area (Å²) in [4.78, 5) is 11.4. The van der Waals surface area contributed by atoms with Gasteiger partial charge in [0, 0.05) is 6.54 Å². The zero-order valence-electron chi connectivity index (χ0n) is 10.5. The van der Waals surface area contributed by atoms with Crippen molar-refractivity contribution in [3.63, 3.8) is 0 Å². The molecule has 2 N–H and O–H groups in total. The Morgan fingerprint density at radius 1 is 1.39 bits per heavy atom. The molecule has 0 fully saturated rings. The van der Waals surface area contributed by atoms with Crippen LogP contribution in [0.5, 0.6) is 5.75 Å². The number of hydrogen-bond acceptors (Lipinski definition) is 3. The van der Waals surface area contributed by atoms with Gasteiger partial charge in [-0.05, 0) is 30.2 Å². The highest BCUT2D eigenvalue weighted by molar-refractivity contribution is 5.77. The second-order valence-electron chi connectivity index (χ2n) is 4.36. The topological polar surface area (TPSA) is 58.6 Å². The highest BCUT2D eigenvalue weighted by atomic mass is 19.1. The molecular weight excluding hydrogens is 237 g/mol. The van der Waals surface area contributed by atoms with Gasteiger partial charge in [0.05, 0.1) is 6.10 Å². The van der Waals surface area contributed by atoms with Gasteiger partial charge in [0.15, 0.2) is 6.61 Å². The maximum absolute atomic E-state index is 12.6. The number of rotatable bonds is 6. The van der Waals surface area contributed by atoms with Gasteiger partial charge in [-0.3, -0.25) is 4.79 Å². The lowest BCUT2D eigenvalue weighted by molar-refractivity contribution is -0.123. The van der Waals surface area contributed by atoms with E-state index in [1.807, 2.05) is 13.8 Å². The lowest BCUT2D eigenvalue weighted by Gasteiger charge is -2.15. The molecule has 0 aliphatic carbocycles. The summed E-state index contributed by atoms with van der Waals surface area (Å²) < 4.78 is 17.8. The molecule has 4 nitrogen and oxygen atoms in total. The van der Waals surface area contributed by atoms with E-state index in [9.17, 15) is 14.3 Å². The van der Waals surface area contributed by atoms with Gasteiger partial charge < -0.3 is 15.2 Å². The molecule has 0 aliphatic rings. The number of aliphatic hydroxyl groups is 1. The molecule has 0 bridgehead atoms. The Labute approximate surface area is 106 Å². The Bertz CT molecular complexity index is 378. The Morgan fingerprint density at radius 2 is 2.00 bits per heavy atom. The van der Waals surface area contributed by atoms with Crippen LogP contribution in [-0.4, -0.2) is 30.3 Å². The van der Waals surface area contributed by atoms with E-state index in [0.29, 0.717) is 5.75 Å². The third kappa shape index (κ3) is 5.14. The summed E-state index contributed by atoms with van der Waals surface area (Å²) in [6.07, 6.45) is -0.570. The van der Waals surface area contributed by atoms with E-state index in [1.54, 1.807) is 0 Å². The van der Waals surface area contributed by atoms with Crippen LogP contribution in [0.15, 0.2) is 24.3 Å². The molecule has 1 atom stereocenters. The van der Waals surface area contributed by atoms with Crippen molar-refractivity contribution in [3.8, 4) is 5.75 Å². The molecule has 1 unspecified atom stereocenters. The monoisotopic (exact) mass is 255 g/mol. The molecule has 0 spiro atoms. The summed E-state index contributed by atoms with van der Waals surface area (Å²) in [7, 11) is 0. The zero-order valence-corrected chi connectivity index (χ0v) is 10.5. The smallest absolute Gasteiger partial charge is 0.258 e. The molecule has 0 aliphatic heterocycles. The fraction of sp³-hybridized carbons (Fsp3) is 0.462. The number of ether oxygens (including phenoxy) is 1. The maximum atomic E-state index is 12.6. The lowest BCUT2D eigenvalue weighted by Crippen LogP contribution is -2.37. The average molecular weight is 255 g/mol. The predicted molar refractivity (Wildman–Crippen MR) is 65.7 cm³/mol. The summed E-state index contributed by atoms with van der Waals surface area (Å²) in [5, 5.41) is 12.1. The summed E-state index contributed by atoms with van der Waals surface area (Å²) in [6.45, 7) is 3.78. The molecule has 1 rings (SSSR count). The number of nitrogens with one attached hydrogen (secondary N) is 1. The Morgan fingerprint density at radius 3 is 2.56 bits per heavy atom. The number of aliphatic hydroxyl groups excluding tert-OH is 1. The molecule has 100 valence electrons. The molecule has 1 aromatic carbocycles.